The van der Waals surface area contributed by atoms with E-state index in [4.69, 9.17) is 0 Å². The number of hydrogen-bond acceptors (Lipinski definition) is 3. The smallest absolute Gasteiger partial charge is 0.267 e. The number of aliphatic hydroxyl groups excluding tert-OH is 1. The van der Waals surface area contributed by atoms with Crippen molar-refractivity contribution in [3.05, 3.63) is 53.8 Å². The Kier molecular flexibility index (Phi) is 2.21. The molecule has 0 atom stereocenters. The minimum absolute atomic E-state index is 0.389. The zero-order chi connectivity index (χ0) is 10.8. The summed E-state index contributed by atoms with van der Waals surface area (Å²) in [5.41, 5.74) is 1.10. The van der Waals surface area contributed by atoms with Gasteiger partial charge < -0.3 is 5.11 Å². The number of carbonyl (C=O) groups is 2. The molecule has 74 valence electrons. The van der Waals surface area contributed by atoms with Gasteiger partial charge in [0.15, 0.2) is 5.76 Å². The Morgan fingerprint density at radius 1 is 0.933 bits per heavy atom. The number of benzene rings is 1. The summed E-state index contributed by atoms with van der Waals surface area (Å²) in [5, 5.41) is 9.52. The molecule has 0 spiro atoms. The molecule has 1 aliphatic rings. The van der Waals surface area contributed by atoms with Crippen molar-refractivity contribution in [2.24, 2.45) is 0 Å². The van der Waals surface area contributed by atoms with Crippen LogP contribution in [0.4, 0.5) is 0 Å². The van der Waals surface area contributed by atoms with Crippen molar-refractivity contribution in [1.82, 2.24) is 0 Å². The van der Waals surface area contributed by atoms with Crippen molar-refractivity contribution in [2.45, 2.75) is 0 Å². The van der Waals surface area contributed by atoms with Gasteiger partial charge in [-0.2, -0.15) is 0 Å². The van der Waals surface area contributed by atoms with Gasteiger partial charge in [0, 0.05) is 5.57 Å². The molecule has 2 rings (SSSR count). The highest BCUT2D eigenvalue weighted by molar-refractivity contribution is 6.49. The van der Waals surface area contributed by atoms with Crippen LogP contribution in [0.25, 0.3) is 5.57 Å². The van der Waals surface area contributed by atoms with E-state index in [0.717, 1.165) is 0 Å². The predicted octanol–water partition coefficient (Wildman–Crippen LogP) is 1.66. The molecule has 0 aliphatic heterocycles. The summed E-state index contributed by atoms with van der Waals surface area (Å²) < 4.78 is 0. The number of aliphatic hydroxyl groups is 1. The first-order valence-electron chi connectivity index (χ1n) is 4.45. The Morgan fingerprint density at radius 2 is 1.60 bits per heavy atom. The van der Waals surface area contributed by atoms with E-state index in [2.05, 4.69) is 0 Å². The van der Waals surface area contributed by atoms with Crippen molar-refractivity contribution in [2.75, 3.05) is 0 Å². The normalized spacial score (nSPS) is 16.0. The monoisotopic (exact) mass is 200 g/mol. The van der Waals surface area contributed by atoms with Crippen LogP contribution in [0.1, 0.15) is 5.56 Å². The van der Waals surface area contributed by atoms with Gasteiger partial charge in [-0.25, -0.2) is 0 Å². The quantitative estimate of drug-likeness (QED) is 0.554. The van der Waals surface area contributed by atoms with Crippen LogP contribution in [0.5, 0.6) is 0 Å². The molecule has 0 bridgehead atoms. The van der Waals surface area contributed by atoms with E-state index in [-0.39, 0.29) is 0 Å². The van der Waals surface area contributed by atoms with Crippen LogP contribution in [0, 0.1) is 0 Å². The van der Waals surface area contributed by atoms with Crippen molar-refractivity contribution in [3.63, 3.8) is 0 Å². The lowest BCUT2D eigenvalue weighted by molar-refractivity contribution is -0.133. The maximum atomic E-state index is 11.2. The number of Topliss-reactive ketones (excluding diaryl/α,β-unsaturated/α-hetero) is 1. The topological polar surface area (TPSA) is 54.4 Å². The molecule has 0 saturated carbocycles. The van der Waals surface area contributed by atoms with E-state index < -0.39 is 17.3 Å². The van der Waals surface area contributed by atoms with Gasteiger partial charge in [0.2, 0.25) is 5.78 Å². The summed E-state index contributed by atoms with van der Waals surface area (Å²) in [5.74, 6) is -2.02. The molecule has 0 unspecified atom stereocenters. The number of hydrogen-bond donors (Lipinski definition) is 1. The fourth-order valence-electron chi connectivity index (χ4n) is 1.40. The summed E-state index contributed by atoms with van der Waals surface area (Å²) in [6.07, 6.45) is 2.62. The molecule has 1 aromatic rings. The van der Waals surface area contributed by atoms with E-state index >= 15 is 0 Å². The number of allylic oxidation sites excluding steroid dienone is 4. The zero-order valence-corrected chi connectivity index (χ0v) is 7.81. The van der Waals surface area contributed by atoms with E-state index in [1.54, 1.807) is 24.3 Å². The molecule has 1 aliphatic carbocycles. The van der Waals surface area contributed by atoms with Crippen molar-refractivity contribution in [1.29, 1.82) is 0 Å². The standard InChI is InChI=1S/C12H8O3/c13-10-7-6-9(11(14)12(10)15)8-4-2-1-3-5-8/h1-7,14H. The molecule has 15 heavy (non-hydrogen) atoms. The summed E-state index contributed by atoms with van der Waals surface area (Å²) in [7, 11) is 0. The van der Waals surface area contributed by atoms with Gasteiger partial charge in [-0.15, -0.1) is 0 Å². The van der Waals surface area contributed by atoms with Gasteiger partial charge in [-0.05, 0) is 17.7 Å². The molecule has 0 aromatic heterocycles. The third kappa shape index (κ3) is 1.59. The van der Waals surface area contributed by atoms with Gasteiger partial charge in [0.25, 0.3) is 5.78 Å². The SMILES string of the molecule is O=C1C=CC(c2ccccc2)=C(O)C1=O. The lowest BCUT2D eigenvalue weighted by Gasteiger charge is -2.08. The Morgan fingerprint density at radius 3 is 2.27 bits per heavy atom. The van der Waals surface area contributed by atoms with E-state index in [9.17, 15) is 14.7 Å². The molecule has 0 radical (unpaired) electrons. The lowest BCUT2D eigenvalue weighted by atomic mass is 9.97. The lowest BCUT2D eigenvalue weighted by Crippen LogP contribution is -2.18. The average Bonchev–Trinajstić information content (AvgIpc) is 2.27. The van der Waals surface area contributed by atoms with Crippen LogP contribution >= 0.6 is 0 Å². The summed E-state index contributed by atoms with van der Waals surface area (Å²) in [4.78, 5) is 22.2. The summed E-state index contributed by atoms with van der Waals surface area (Å²) in [6, 6.07) is 8.95. The van der Waals surface area contributed by atoms with Gasteiger partial charge >= 0.3 is 0 Å². The Labute approximate surface area is 86.4 Å². The van der Waals surface area contributed by atoms with Gasteiger partial charge in [-0.1, -0.05) is 30.3 Å². The Bertz CT molecular complexity index is 481. The zero-order valence-electron chi connectivity index (χ0n) is 7.81. The molecular weight excluding hydrogens is 192 g/mol. The third-order valence-corrected chi connectivity index (χ3v) is 2.18. The van der Waals surface area contributed by atoms with Crippen LogP contribution in [0.15, 0.2) is 48.2 Å². The van der Waals surface area contributed by atoms with E-state index in [1.165, 1.54) is 12.2 Å². The molecule has 3 nitrogen and oxygen atoms in total. The van der Waals surface area contributed by atoms with Gasteiger partial charge in [-0.3, -0.25) is 9.59 Å². The first-order chi connectivity index (χ1) is 7.20. The maximum absolute atomic E-state index is 11.2. The first kappa shape index (κ1) is 9.40. The highest BCUT2D eigenvalue weighted by atomic mass is 16.3. The van der Waals surface area contributed by atoms with Gasteiger partial charge in [0.05, 0.1) is 0 Å². The molecule has 0 heterocycles. The molecule has 0 fully saturated rings. The van der Waals surface area contributed by atoms with Gasteiger partial charge in [0.1, 0.15) is 0 Å². The van der Waals surface area contributed by atoms with Crippen molar-refractivity contribution < 1.29 is 14.7 Å². The third-order valence-electron chi connectivity index (χ3n) is 2.18. The highest BCUT2D eigenvalue weighted by Gasteiger charge is 2.23. The molecule has 0 saturated heterocycles. The fraction of sp³-hybridized carbons (Fsp3) is 0. The largest absolute Gasteiger partial charge is 0.504 e. The van der Waals surface area contributed by atoms with E-state index in [0.29, 0.717) is 11.1 Å². The maximum Gasteiger partial charge on any atom is 0.267 e. The number of rotatable bonds is 1. The summed E-state index contributed by atoms with van der Waals surface area (Å²) >= 11 is 0. The molecular formula is C12H8O3. The van der Waals surface area contributed by atoms with Crippen LogP contribution in [0.3, 0.4) is 0 Å². The minimum Gasteiger partial charge on any atom is -0.504 e. The van der Waals surface area contributed by atoms with Crippen LogP contribution < -0.4 is 0 Å². The molecule has 1 aromatic carbocycles. The second kappa shape index (κ2) is 3.53. The second-order valence-corrected chi connectivity index (χ2v) is 3.16. The van der Waals surface area contributed by atoms with E-state index in [1.807, 2.05) is 6.07 Å². The predicted molar refractivity (Wildman–Crippen MR) is 55.1 cm³/mol. The van der Waals surface area contributed by atoms with Crippen LogP contribution in [-0.4, -0.2) is 16.7 Å². The molecule has 0 amide bonds. The Hall–Kier alpha value is -2.16. The number of carbonyl (C=O) groups excluding carboxylic acids is 2. The molecule has 3 heteroatoms. The second-order valence-electron chi connectivity index (χ2n) is 3.16. The minimum atomic E-state index is -0.851. The van der Waals surface area contributed by atoms with Crippen LogP contribution in [0.2, 0.25) is 0 Å². The highest BCUT2D eigenvalue weighted by Crippen LogP contribution is 2.22. The van der Waals surface area contributed by atoms with Crippen LogP contribution in [-0.2, 0) is 9.59 Å². The Balaban J connectivity index is 2.52. The average molecular weight is 200 g/mol. The summed E-state index contributed by atoms with van der Waals surface area (Å²) in [6.45, 7) is 0. The van der Waals surface area contributed by atoms with Crippen molar-refractivity contribution >= 4 is 17.1 Å². The first-order valence-corrected chi connectivity index (χ1v) is 4.45. The van der Waals surface area contributed by atoms with Crippen molar-refractivity contribution in [3.8, 4) is 0 Å². The fourth-order valence-corrected chi connectivity index (χ4v) is 1.40. The number of ketones is 2. The molecule has 1 N–H and O–H groups in total.